The van der Waals surface area contributed by atoms with Crippen molar-refractivity contribution >= 4 is 17.5 Å². The minimum absolute atomic E-state index is 0.257. The van der Waals surface area contributed by atoms with Crippen LogP contribution in [0.25, 0.3) is 0 Å². The molecular weight excluding hydrogens is 236 g/mol. The molecule has 1 aromatic rings. The third-order valence-corrected chi connectivity index (χ3v) is 3.96. The van der Waals surface area contributed by atoms with E-state index in [2.05, 4.69) is 5.32 Å². The van der Waals surface area contributed by atoms with E-state index in [1.165, 1.54) is 5.56 Å². The molecular formula is C13H15ClN2O. The first-order valence-corrected chi connectivity index (χ1v) is 6.42. The number of carbonyl (C=O) groups excluding carboxylic acids is 1. The molecule has 0 aromatic heterocycles. The van der Waals surface area contributed by atoms with Crippen LogP contribution in [0.4, 0.5) is 0 Å². The van der Waals surface area contributed by atoms with Gasteiger partial charge in [0.25, 0.3) is 0 Å². The predicted octanol–water partition coefficient (Wildman–Crippen LogP) is 1.98. The number of carbonyl (C=O) groups is 1. The maximum absolute atomic E-state index is 11.7. The fourth-order valence-corrected chi connectivity index (χ4v) is 3.01. The monoisotopic (exact) mass is 250 g/mol. The van der Waals surface area contributed by atoms with Gasteiger partial charge in [-0.05, 0) is 24.1 Å². The minimum Gasteiger partial charge on any atom is -0.337 e. The zero-order valence-corrected chi connectivity index (χ0v) is 10.3. The van der Waals surface area contributed by atoms with Crippen LogP contribution in [0.1, 0.15) is 24.4 Å². The molecule has 3 rings (SSSR count). The lowest BCUT2D eigenvalue weighted by Crippen LogP contribution is -2.51. The lowest BCUT2D eigenvalue weighted by molar-refractivity contribution is -0.130. The molecule has 2 aliphatic heterocycles. The molecule has 3 nitrogen and oxygen atoms in total. The Morgan fingerprint density at radius 2 is 2.06 bits per heavy atom. The molecule has 4 heteroatoms. The number of fused-ring (bicyclic) bond motifs is 1. The molecule has 0 saturated carbocycles. The number of nitrogens with zero attached hydrogens (tertiary/aromatic N) is 1. The fourth-order valence-electron chi connectivity index (χ4n) is 2.88. The van der Waals surface area contributed by atoms with Gasteiger partial charge in [-0.25, -0.2) is 0 Å². The summed E-state index contributed by atoms with van der Waals surface area (Å²) in [6.45, 7) is 1.71. The van der Waals surface area contributed by atoms with Gasteiger partial charge in [-0.2, -0.15) is 0 Å². The van der Waals surface area contributed by atoms with Gasteiger partial charge in [0.15, 0.2) is 0 Å². The summed E-state index contributed by atoms with van der Waals surface area (Å²) in [4.78, 5) is 13.7. The molecule has 1 N–H and O–H groups in total. The van der Waals surface area contributed by atoms with Crippen molar-refractivity contribution in [1.29, 1.82) is 0 Å². The lowest BCUT2D eigenvalue weighted by Gasteiger charge is -2.37. The molecule has 90 valence electrons. The smallest absolute Gasteiger partial charge is 0.223 e. The second kappa shape index (κ2) is 4.31. The van der Waals surface area contributed by atoms with Crippen LogP contribution < -0.4 is 5.32 Å². The van der Waals surface area contributed by atoms with Crippen LogP contribution in [0.3, 0.4) is 0 Å². The maximum atomic E-state index is 11.7. The second-order valence-corrected chi connectivity index (χ2v) is 5.11. The van der Waals surface area contributed by atoms with Crippen LogP contribution in [0.5, 0.6) is 0 Å². The zero-order chi connectivity index (χ0) is 11.8. The second-order valence-electron chi connectivity index (χ2n) is 4.68. The van der Waals surface area contributed by atoms with E-state index in [0.29, 0.717) is 18.4 Å². The Bertz CT molecular complexity index is 432. The summed E-state index contributed by atoms with van der Waals surface area (Å²) in [5.74, 6) is 0.301. The summed E-state index contributed by atoms with van der Waals surface area (Å²) in [6, 6.07) is 8.49. The third kappa shape index (κ3) is 1.94. The van der Waals surface area contributed by atoms with E-state index in [-0.39, 0.29) is 6.04 Å². The molecule has 1 aromatic carbocycles. The Kier molecular flexibility index (Phi) is 2.81. The van der Waals surface area contributed by atoms with Crippen molar-refractivity contribution < 1.29 is 4.79 Å². The van der Waals surface area contributed by atoms with E-state index in [4.69, 9.17) is 11.6 Å². The van der Waals surface area contributed by atoms with Crippen LogP contribution in [0, 0.1) is 0 Å². The molecule has 2 aliphatic rings. The normalized spacial score (nSPS) is 28.3. The highest BCUT2D eigenvalue weighted by Crippen LogP contribution is 2.32. The Morgan fingerprint density at radius 3 is 2.82 bits per heavy atom. The van der Waals surface area contributed by atoms with Crippen molar-refractivity contribution in [2.24, 2.45) is 0 Å². The van der Waals surface area contributed by atoms with E-state index >= 15 is 0 Å². The van der Waals surface area contributed by atoms with Gasteiger partial charge < -0.3 is 10.2 Å². The van der Waals surface area contributed by atoms with Crippen LogP contribution in [0.15, 0.2) is 24.3 Å². The van der Waals surface area contributed by atoms with Gasteiger partial charge in [0, 0.05) is 24.5 Å². The number of nitrogens with one attached hydrogen (secondary N) is 1. The summed E-state index contributed by atoms with van der Waals surface area (Å²) < 4.78 is 0. The molecule has 2 heterocycles. The highest BCUT2D eigenvalue weighted by Gasteiger charge is 2.39. The number of hydrogen-bond donors (Lipinski definition) is 1. The molecule has 0 unspecified atom stereocenters. The Morgan fingerprint density at radius 1 is 1.29 bits per heavy atom. The zero-order valence-electron chi connectivity index (χ0n) is 9.53. The quantitative estimate of drug-likeness (QED) is 0.827. The first-order chi connectivity index (χ1) is 8.25. The third-order valence-electron chi connectivity index (χ3n) is 3.71. The average molecular weight is 251 g/mol. The topological polar surface area (TPSA) is 32.3 Å². The number of halogens is 1. The molecule has 1 amide bonds. The first kappa shape index (κ1) is 11.1. The number of piperazine rings is 1. The van der Waals surface area contributed by atoms with Gasteiger partial charge in [-0.1, -0.05) is 23.7 Å². The van der Waals surface area contributed by atoms with Gasteiger partial charge >= 0.3 is 0 Å². The van der Waals surface area contributed by atoms with Crippen molar-refractivity contribution in [2.75, 3.05) is 13.1 Å². The van der Waals surface area contributed by atoms with E-state index in [0.717, 1.165) is 24.5 Å². The standard InChI is InChI=1S/C13H15ClN2O/c14-10-3-1-9(2-4-10)13-11-5-6-12(17)16(11)8-7-15-13/h1-4,11,13,15H,5-8H2/t11-,13+/m0/s1. The summed E-state index contributed by atoms with van der Waals surface area (Å²) in [5, 5.41) is 4.26. The van der Waals surface area contributed by atoms with E-state index < -0.39 is 0 Å². The molecule has 17 heavy (non-hydrogen) atoms. The Hall–Kier alpha value is -1.06. The molecule has 2 fully saturated rings. The van der Waals surface area contributed by atoms with Gasteiger partial charge in [-0.3, -0.25) is 4.79 Å². The number of amides is 1. The first-order valence-electron chi connectivity index (χ1n) is 6.04. The van der Waals surface area contributed by atoms with Crippen LogP contribution in [-0.4, -0.2) is 29.9 Å². The molecule has 2 atom stereocenters. The minimum atomic E-state index is 0.257. The van der Waals surface area contributed by atoms with Gasteiger partial charge in [0.1, 0.15) is 0 Å². The lowest BCUT2D eigenvalue weighted by atomic mass is 9.96. The van der Waals surface area contributed by atoms with Crippen LogP contribution >= 0.6 is 11.6 Å². The maximum Gasteiger partial charge on any atom is 0.223 e. The van der Waals surface area contributed by atoms with Crippen molar-refractivity contribution in [3.8, 4) is 0 Å². The summed E-state index contributed by atoms with van der Waals surface area (Å²) in [6.07, 6.45) is 1.65. The summed E-state index contributed by atoms with van der Waals surface area (Å²) >= 11 is 5.90. The van der Waals surface area contributed by atoms with Gasteiger partial charge in [0.2, 0.25) is 5.91 Å². The average Bonchev–Trinajstić information content (AvgIpc) is 2.73. The number of benzene rings is 1. The van der Waals surface area contributed by atoms with Crippen LogP contribution in [0.2, 0.25) is 5.02 Å². The molecule has 2 saturated heterocycles. The van der Waals surface area contributed by atoms with E-state index in [9.17, 15) is 4.79 Å². The summed E-state index contributed by atoms with van der Waals surface area (Å²) in [7, 11) is 0. The summed E-state index contributed by atoms with van der Waals surface area (Å²) in [5.41, 5.74) is 1.22. The van der Waals surface area contributed by atoms with Crippen molar-refractivity contribution in [3.63, 3.8) is 0 Å². The van der Waals surface area contributed by atoms with E-state index in [1.54, 1.807) is 0 Å². The molecule has 0 radical (unpaired) electrons. The largest absolute Gasteiger partial charge is 0.337 e. The molecule has 0 aliphatic carbocycles. The van der Waals surface area contributed by atoms with Crippen molar-refractivity contribution in [3.05, 3.63) is 34.9 Å². The van der Waals surface area contributed by atoms with Gasteiger partial charge in [0.05, 0.1) is 12.1 Å². The predicted molar refractivity (Wildman–Crippen MR) is 66.9 cm³/mol. The number of hydrogen-bond acceptors (Lipinski definition) is 2. The fraction of sp³-hybridized carbons (Fsp3) is 0.462. The van der Waals surface area contributed by atoms with Crippen LogP contribution in [-0.2, 0) is 4.79 Å². The highest BCUT2D eigenvalue weighted by atomic mass is 35.5. The van der Waals surface area contributed by atoms with Gasteiger partial charge in [-0.15, -0.1) is 0 Å². The molecule has 0 bridgehead atoms. The van der Waals surface area contributed by atoms with E-state index in [1.807, 2.05) is 29.2 Å². The Labute approximate surface area is 106 Å². The van der Waals surface area contributed by atoms with Crippen molar-refractivity contribution in [2.45, 2.75) is 24.9 Å². The molecule has 0 spiro atoms. The SMILES string of the molecule is O=C1CC[C@H]2[C@@H](c3ccc(Cl)cc3)NCCN12. The number of rotatable bonds is 1. The Balaban J connectivity index is 1.87. The van der Waals surface area contributed by atoms with Crippen molar-refractivity contribution in [1.82, 2.24) is 10.2 Å². The highest BCUT2D eigenvalue weighted by molar-refractivity contribution is 6.30.